The average molecular weight is 253 g/mol. The number of benzene rings is 2. The zero-order chi connectivity index (χ0) is 13.6. The van der Waals surface area contributed by atoms with Crippen LogP contribution in [0.25, 0.3) is 22.2 Å². The molecule has 1 aromatic rings. The maximum absolute atomic E-state index is 12.2. The van der Waals surface area contributed by atoms with Crippen molar-refractivity contribution in [3.63, 3.8) is 0 Å². The van der Waals surface area contributed by atoms with Crippen LogP contribution in [0.3, 0.4) is 0 Å². The minimum atomic E-state index is -1.19. The first-order chi connectivity index (χ1) is 9.09. The van der Waals surface area contributed by atoms with Crippen LogP contribution in [0.1, 0.15) is 10.4 Å². The molecule has 3 rings (SSSR count). The number of pyridine rings is 1. The molecule has 0 unspecified atom stereocenters. The van der Waals surface area contributed by atoms with Gasteiger partial charge in [-0.3, -0.25) is 4.79 Å². The van der Waals surface area contributed by atoms with Crippen molar-refractivity contribution >= 4 is 16.9 Å². The Kier molecular flexibility index (Phi) is 2.38. The molecule has 1 aromatic carbocycles. The summed E-state index contributed by atoms with van der Waals surface area (Å²) in [5.74, 6) is -1.19. The zero-order valence-electron chi connectivity index (χ0n) is 10.3. The first-order valence-electron chi connectivity index (χ1n) is 5.84. The van der Waals surface area contributed by atoms with Crippen LogP contribution >= 0.6 is 0 Å². The van der Waals surface area contributed by atoms with Crippen LogP contribution in [0.4, 0.5) is 0 Å². The second-order valence-electron chi connectivity index (χ2n) is 4.44. The van der Waals surface area contributed by atoms with Crippen LogP contribution in [0.5, 0.6) is 0 Å². The number of carbonyl (C=O) groups is 1. The third kappa shape index (κ3) is 1.61. The van der Waals surface area contributed by atoms with Gasteiger partial charge < -0.3 is 9.67 Å². The van der Waals surface area contributed by atoms with E-state index in [0.717, 1.165) is 16.6 Å². The van der Waals surface area contributed by atoms with E-state index in [1.165, 1.54) is 6.07 Å². The van der Waals surface area contributed by atoms with Gasteiger partial charge in [-0.2, -0.15) is 0 Å². The summed E-state index contributed by atoms with van der Waals surface area (Å²) in [6.45, 7) is 0. The van der Waals surface area contributed by atoms with Gasteiger partial charge in [0.2, 0.25) is 5.43 Å². The van der Waals surface area contributed by atoms with Crippen molar-refractivity contribution in [2.24, 2.45) is 7.05 Å². The number of fused-ring (bicyclic) bond motifs is 2. The number of rotatable bonds is 1. The van der Waals surface area contributed by atoms with E-state index in [1.54, 1.807) is 12.1 Å². The van der Waals surface area contributed by atoms with Crippen molar-refractivity contribution in [2.75, 3.05) is 0 Å². The molecule has 0 amide bonds. The van der Waals surface area contributed by atoms with Gasteiger partial charge in [0.15, 0.2) is 0 Å². The predicted octanol–water partition coefficient (Wildman–Crippen LogP) is 2.34. The average Bonchev–Trinajstić information content (AvgIpc) is 2.40. The Labute approximate surface area is 108 Å². The number of aromatic carboxylic acids is 1. The van der Waals surface area contributed by atoms with Crippen molar-refractivity contribution in [1.82, 2.24) is 4.57 Å². The number of carboxylic acid groups (broad SMARTS) is 1. The second kappa shape index (κ2) is 3.95. The highest BCUT2D eigenvalue weighted by Crippen LogP contribution is 2.25. The lowest BCUT2D eigenvalue weighted by molar-refractivity contribution is 0.0695. The Morgan fingerprint density at radius 2 is 1.89 bits per heavy atom. The Morgan fingerprint density at radius 3 is 2.63 bits per heavy atom. The Morgan fingerprint density at radius 1 is 1.16 bits per heavy atom. The van der Waals surface area contributed by atoms with Gasteiger partial charge >= 0.3 is 5.97 Å². The number of aryl methyl sites for hydroxylation is 1. The number of hydrogen-bond acceptors (Lipinski definition) is 2. The molecule has 0 atom stereocenters. The normalized spacial score (nSPS) is 11.0. The summed E-state index contributed by atoms with van der Waals surface area (Å²) in [4.78, 5) is 23.2. The second-order valence-corrected chi connectivity index (χ2v) is 4.44. The van der Waals surface area contributed by atoms with E-state index < -0.39 is 11.4 Å². The highest BCUT2D eigenvalue weighted by Gasteiger charge is 2.17. The summed E-state index contributed by atoms with van der Waals surface area (Å²) in [7, 11) is 1.87. The van der Waals surface area contributed by atoms with E-state index in [9.17, 15) is 9.59 Å². The molecule has 0 radical (unpaired) electrons. The standard InChI is InChI=1S/C15H11NO3/c1-16-12-5-3-2-4-9(12)8-11-13(16)7-6-10(14(11)17)15(18)19/h2-8H,1H3,(H,18,19). The molecule has 1 heterocycles. The summed E-state index contributed by atoms with van der Waals surface area (Å²) >= 11 is 0. The lowest BCUT2D eigenvalue weighted by Gasteiger charge is -2.15. The summed E-state index contributed by atoms with van der Waals surface area (Å²) in [5, 5.41) is 9.91. The predicted molar refractivity (Wildman–Crippen MR) is 72.8 cm³/mol. The van der Waals surface area contributed by atoms with Crippen LogP contribution in [-0.4, -0.2) is 15.6 Å². The Hall–Kier alpha value is -2.62. The van der Waals surface area contributed by atoms with Crippen molar-refractivity contribution < 1.29 is 9.90 Å². The molecule has 4 heteroatoms. The van der Waals surface area contributed by atoms with E-state index >= 15 is 0 Å². The highest BCUT2D eigenvalue weighted by molar-refractivity contribution is 5.92. The lowest BCUT2D eigenvalue weighted by Crippen LogP contribution is -2.18. The van der Waals surface area contributed by atoms with Crippen LogP contribution in [0.2, 0.25) is 0 Å². The van der Waals surface area contributed by atoms with E-state index in [-0.39, 0.29) is 5.56 Å². The molecule has 0 aromatic heterocycles. The van der Waals surface area contributed by atoms with Crippen molar-refractivity contribution in [1.29, 1.82) is 0 Å². The summed E-state index contributed by atoms with van der Waals surface area (Å²) < 4.78 is 1.90. The molecule has 0 spiro atoms. The molecule has 4 nitrogen and oxygen atoms in total. The van der Waals surface area contributed by atoms with Gasteiger partial charge in [-0.15, -0.1) is 0 Å². The van der Waals surface area contributed by atoms with Crippen molar-refractivity contribution in [3.05, 3.63) is 58.3 Å². The van der Waals surface area contributed by atoms with Gasteiger partial charge in [-0.1, -0.05) is 18.2 Å². The van der Waals surface area contributed by atoms with Gasteiger partial charge in [-0.25, -0.2) is 4.79 Å². The number of para-hydroxylation sites is 1. The fraction of sp³-hybridized carbons (Fsp3) is 0.0667. The molecule has 94 valence electrons. The molecule has 19 heavy (non-hydrogen) atoms. The van der Waals surface area contributed by atoms with E-state index in [0.29, 0.717) is 5.56 Å². The SMILES string of the molecule is Cn1c2ccc(C(=O)O)c(=O)c-2cc2ccccc21. The highest BCUT2D eigenvalue weighted by atomic mass is 16.4. The molecule has 2 aliphatic rings. The molecule has 1 aliphatic heterocycles. The molecule has 1 N–H and O–H groups in total. The number of nitrogens with zero attached hydrogens (tertiary/aromatic N) is 1. The topological polar surface area (TPSA) is 59.3 Å². The quantitative estimate of drug-likeness (QED) is 0.677. The summed E-state index contributed by atoms with van der Waals surface area (Å²) in [6, 6.07) is 12.5. The minimum Gasteiger partial charge on any atom is -0.478 e. The molecular weight excluding hydrogens is 242 g/mol. The maximum atomic E-state index is 12.2. The Balaban J connectivity index is 2.52. The van der Waals surface area contributed by atoms with Crippen LogP contribution in [0.15, 0.2) is 47.3 Å². The molecule has 0 bridgehead atoms. The first-order valence-corrected chi connectivity index (χ1v) is 5.84. The number of aromatic nitrogens is 1. The third-order valence-corrected chi connectivity index (χ3v) is 3.36. The monoisotopic (exact) mass is 253 g/mol. The van der Waals surface area contributed by atoms with Crippen LogP contribution < -0.4 is 5.43 Å². The Bertz CT molecular complexity index is 833. The zero-order valence-corrected chi connectivity index (χ0v) is 10.3. The molecule has 0 saturated heterocycles. The summed E-state index contributed by atoms with van der Waals surface area (Å²) in [5.41, 5.74) is 1.53. The molecular formula is C15H11NO3. The van der Waals surface area contributed by atoms with Gasteiger partial charge in [-0.05, 0) is 29.7 Å². The van der Waals surface area contributed by atoms with Crippen LogP contribution in [-0.2, 0) is 7.05 Å². The summed E-state index contributed by atoms with van der Waals surface area (Å²) in [6.07, 6.45) is 0. The minimum absolute atomic E-state index is 0.192. The largest absolute Gasteiger partial charge is 0.478 e. The van der Waals surface area contributed by atoms with Crippen molar-refractivity contribution in [2.45, 2.75) is 0 Å². The van der Waals surface area contributed by atoms with Crippen molar-refractivity contribution in [3.8, 4) is 11.3 Å². The third-order valence-electron chi connectivity index (χ3n) is 3.36. The van der Waals surface area contributed by atoms with Gasteiger partial charge in [0.25, 0.3) is 0 Å². The smallest absolute Gasteiger partial charge is 0.339 e. The van der Waals surface area contributed by atoms with E-state index in [4.69, 9.17) is 5.11 Å². The molecule has 1 aliphatic carbocycles. The molecule has 0 saturated carbocycles. The first kappa shape index (κ1) is 11.5. The fourth-order valence-electron chi connectivity index (χ4n) is 2.39. The lowest BCUT2D eigenvalue weighted by atomic mass is 10.0. The van der Waals surface area contributed by atoms with Gasteiger partial charge in [0.05, 0.1) is 5.69 Å². The van der Waals surface area contributed by atoms with Crippen LogP contribution in [0, 0.1) is 0 Å². The van der Waals surface area contributed by atoms with Gasteiger partial charge in [0.1, 0.15) is 5.56 Å². The van der Waals surface area contributed by atoms with E-state index in [1.807, 2.05) is 35.9 Å². The van der Waals surface area contributed by atoms with E-state index in [2.05, 4.69) is 0 Å². The van der Waals surface area contributed by atoms with Gasteiger partial charge in [0, 0.05) is 18.1 Å². The molecule has 0 fully saturated rings. The number of carboxylic acids is 1. The fourth-order valence-corrected chi connectivity index (χ4v) is 2.39. The number of hydrogen-bond donors (Lipinski definition) is 1. The maximum Gasteiger partial charge on any atom is 0.339 e.